The number of esters is 1. The Balaban J connectivity index is 1.94. The molecule has 0 bridgehead atoms. The van der Waals surface area contributed by atoms with E-state index in [0.29, 0.717) is 0 Å². The zero-order chi connectivity index (χ0) is 19.5. The van der Waals surface area contributed by atoms with Gasteiger partial charge in [-0.3, -0.25) is 5.73 Å². The van der Waals surface area contributed by atoms with Gasteiger partial charge in [0.25, 0.3) is 15.8 Å². The minimum atomic E-state index is -4.29. The van der Waals surface area contributed by atoms with Crippen LogP contribution < -0.4 is 5.73 Å². The minimum Gasteiger partial charge on any atom is -0.459 e. The number of nitrogens with two attached hydrogens (primary N) is 1. The van der Waals surface area contributed by atoms with E-state index in [-0.39, 0.29) is 16.6 Å². The van der Waals surface area contributed by atoms with Crippen LogP contribution in [0.5, 0.6) is 0 Å². The first-order valence-electron chi connectivity index (χ1n) is 8.89. The van der Waals surface area contributed by atoms with Crippen molar-refractivity contribution in [3.05, 3.63) is 65.7 Å². The number of rotatable bonds is 6. The van der Waals surface area contributed by atoms with E-state index in [1.54, 1.807) is 42.5 Å². The van der Waals surface area contributed by atoms with Crippen LogP contribution in [0.1, 0.15) is 36.8 Å². The smallest absolute Gasteiger partial charge is 0.360 e. The lowest BCUT2D eigenvalue weighted by Gasteiger charge is -2.28. The van der Waals surface area contributed by atoms with Gasteiger partial charge in [-0.15, -0.1) is 0 Å². The maximum absolute atomic E-state index is 12.8. The molecule has 144 valence electrons. The summed E-state index contributed by atoms with van der Waals surface area (Å²) in [6.07, 6.45) is 3.13. The van der Waals surface area contributed by atoms with E-state index in [9.17, 15) is 13.2 Å². The second-order valence-electron chi connectivity index (χ2n) is 6.76. The Morgan fingerprint density at radius 2 is 1.63 bits per heavy atom. The highest BCUT2D eigenvalue weighted by Crippen LogP contribution is 2.30. The first kappa shape index (κ1) is 19.5. The molecule has 2 aromatic carbocycles. The molecule has 0 aliphatic heterocycles. The number of hydrogen-bond donors (Lipinski definition) is 1. The number of carbonyl (C=O) groups excluding carboxylic acids is 1. The number of ether oxygens (including phenoxy) is 1. The van der Waals surface area contributed by atoms with Crippen LogP contribution in [-0.2, 0) is 29.6 Å². The summed E-state index contributed by atoms with van der Waals surface area (Å²) in [7, 11) is -4.29. The standard InChI is InChI=1S/C20H23NO5S/c1-15-11-13-18(14-12-15)27(23,24)26-20(21,16-7-3-2-4-8-16)19(22)25-17-9-5-6-10-17/h2-4,7-8,11-14,17H,5-6,9-10,21H2,1H3/t20-/m0/s1. The molecule has 0 amide bonds. The van der Waals surface area contributed by atoms with Gasteiger partial charge < -0.3 is 4.74 Å². The molecule has 7 heteroatoms. The molecule has 0 radical (unpaired) electrons. The van der Waals surface area contributed by atoms with Crippen molar-refractivity contribution < 1.29 is 22.1 Å². The molecule has 0 unspecified atom stereocenters. The monoisotopic (exact) mass is 389 g/mol. The quantitative estimate of drug-likeness (QED) is 0.464. The van der Waals surface area contributed by atoms with Crippen molar-refractivity contribution in [2.24, 2.45) is 5.73 Å². The second kappa shape index (κ2) is 7.80. The van der Waals surface area contributed by atoms with Crippen LogP contribution in [0.25, 0.3) is 0 Å². The minimum absolute atomic E-state index is 0.0764. The van der Waals surface area contributed by atoms with Gasteiger partial charge >= 0.3 is 5.97 Å². The summed E-state index contributed by atoms with van der Waals surface area (Å²) >= 11 is 0. The van der Waals surface area contributed by atoms with E-state index in [1.807, 2.05) is 6.92 Å². The van der Waals surface area contributed by atoms with Crippen LogP contribution in [0, 0.1) is 6.92 Å². The summed E-state index contributed by atoms with van der Waals surface area (Å²) in [6.45, 7) is 1.84. The third-order valence-electron chi connectivity index (χ3n) is 4.63. The number of benzene rings is 2. The summed E-state index contributed by atoms with van der Waals surface area (Å²) in [6, 6.07) is 14.3. The largest absolute Gasteiger partial charge is 0.459 e. The zero-order valence-electron chi connectivity index (χ0n) is 15.1. The van der Waals surface area contributed by atoms with Crippen LogP contribution in [-0.4, -0.2) is 20.5 Å². The van der Waals surface area contributed by atoms with E-state index in [4.69, 9.17) is 14.7 Å². The van der Waals surface area contributed by atoms with E-state index in [2.05, 4.69) is 0 Å². The molecular formula is C20H23NO5S. The maximum atomic E-state index is 12.8. The lowest BCUT2D eigenvalue weighted by molar-refractivity contribution is -0.168. The fourth-order valence-corrected chi connectivity index (χ4v) is 4.13. The van der Waals surface area contributed by atoms with Gasteiger partial charge in [-0.05, 0) is 44.7 Å². The molecule has 0 saturated heterocycles. The van der Waals surface area contributed by atoms with Crippen LogP contribution in [0.3, 0.4) is 0 Å². The summed E-state index contributed by atoms with van der Waals surface area (Å²) in [4.78, 5) is 12.8. The molecule has 0 aromatic heterocycles. The lowest BCUT2D eigenvalue weighted by Crippen LogP contribution is -2.50. The van der Waals surface area contributed by atoms with Gasteiger partial charge in [-0.2, -0.15) is 8.42 Å². The van der Waals surface area contributed by atoms with Crippen molar-refractivity contribution in [3.8, 4) is 0 Å². The first-order chi connectivity index (χ1) is 12.8. The van der Waals surface area contributed by atoms with Crippen LogP contribution in [0.15, 0.2) is 59.5 Å². The third kappa shape index (κ3) is 4.37. The normalized spacial score (nSPS) is 17.4. The summed E-state index contributed by atoms with van der Waals surface area (Å²) in [5, 5.41) is 0. The molecule has 0 heterocycles. The highest BCUT2D eigenvalue weighted by atomic mass is 32.2. The Labute approximate surface area is 159 Å². The molecule has 3 rings (SSSR count). The topological polar surface area (TPSA) is 95.7 Å². The molecule has 1 aliphatic rings. The van der Waals surface area contributed by atoms with Crippen molar-refractivity contribution in [2.45, 2.75) is 49.3 Å². The van der Waals surface area contributed by atoms with Crippen molar-refractivity contribution in [1.29, 1.82) is 0 Å². The van der Waals surface area contributed by atoms with Crippen molar-refractivity contribution in [1.82, 2.24) is 0 Å². The van der Waals surface area contributed by atoms with Gasteiger partial charge in [0.05, 0.1) is 4.90 Å². The number of aryl methyl sites for hydroxylation is 1. The van der Waals surface area contributed by atoms with Crippen molar-refractivity contribution in [3.63, 3.8) is 0 Å². The van der Waals surface area contributed by atoms with E-state index < -0.39 is 21.8 Å². The molecule has 27 heavy (non-hydrogen) atoms. The number of carbonyl (C=O) groups is 1. The summed E-state index contributed by atoms with van der Waals surface area (Å²) in [5.74, 6) is -0.906. The zero-order valence-corrected chi connectivity index (χ0v) is 15.9. The molecule has 6 nitrogen and oxygen atoms in total. The van der Waals surface area contributed by atoms with Crippen LogP contribution in [0.2, 0.25) is 0 Å². The molecule has 1 fully saturated rings. The Kier molecular flexibility index (Phi) is 5.64. The molecule has 0 spiro atoms. The molecule has 2 aromatic rings. The Hall–Kier alpha value is -2.22. The molecule has 1 atom stereocenters. The average molecular weight is 389 g/mol. The van der Waals surface area contributed by atoms with Gasteiger partial charge in [-0.1, -0.05) is 48.0 Å². The Bertz CT molecular complexity index is 890. The first-order valence-corrected chi connectivity index (χ1v) is 10.3. The Morgan fingerprint density at radius 3 is 2.22 bits per heavy atom. The average Bonchev–Trinajstić information content (AvgIpc) is 3.15. The highest BCUT2D eigenvalue weighted by molar-refractivity contribution is 7.86. The SMILES string of the molecule is Cc1ccc(S(=O)(=O)O[C@](N)(C(=O)OC2CCCC2)c2ccccc2)cc1. The van der Waals surface area contributed by atoms with Crippen molar-refractivity contribution >= 4 is 16.1 Å². The molecule has 2 N–H and O–H groups in total. The molecular weight excluding hydrogens is 366 g/mol. The molecule has 1 saturated carbocycles. The van der Waals surface area contributed by atoms with Gasteiger partial charge in [0, 0.05) is 5.56 Å². The maximum Gasteiger partial charge on any atom is 0.360 e. The van der Waals surface area contributed by atoms with Gasteiger partial charge in [-0.25, -0.2) is 8.98 Å². The Morgan fingerprint density at radius 1 is 1.04 bits per heavy atom. The predicted molar refractivity (Wildman–Crippen MR) is 100 cm³/mol. The molecule has 1 aliphatic carbocycles. The summed E-state index contributed by atoms with van der Waals surface area (Å²) in [5.41, 5.74) is 5.07. The van der Waals surface area contributed by atoms with E-state index >= 15 is 0 Å². The highest BCUT2D eigenvalue weighted by Gasteiger charge is 2.45. The predicted octanol–water partition coefficient (Wildman–Crippen LogP) is 3.00. The van der Waals surface area contributed by atoms with E-state index in [1.165, 1.54) is 12.1 Å². The van der Waals surface area contributed by atoms with Crippen molar-refractivity contribution in [2.75, 3.05) is 0 Å². The fraction of sp³-hybridized carbons (Fsp3) is 0.350. The van der Waals surface area contributed by atoms with Crippen LogP contribution >= 0.6 is 0 Å². The second-order valence-corrected chi connectivity index (χ2v) is 8.31. The summed E-state index contributed by atoms with van der Waals surface area (Å²) < 4.78 is 36.3. The van der Waals surface area contributed by atoms with E-state index in [0.717, 1.165) is 31.2 Å². The fourth-order valence-electron chi connectivity index (χ4n) is 3.06. The third-order valence-corrected chi connectivity index (χ3v) is 5.96. The van der Waals surface area contributed by atoms with Gasteiger partial charge in [0.2, 0.25) is 0 Å². The lowest BCUT2D eigenvalue weighted by atomic mass is 10.0. The number of hydrogen-bond acceptors (Lipinski definition) is 6. The van der Waals surface area contributed by atoms with Crippen LogP contribution in [0.4, 0.5) is 0 Å². The van der Waals surface area contributed by atoms with Gasteiger partial charge in [0.1, 0.15) is 6.10 Å². The van der Waals surface area contributed by atoms with Gasteiger partial charge in [0.15, 0.2) is 0 Å².